The molecule has 1 aliphatic heterocycles. The fourth-order valence-corrected chi connectivity index (χ4v) is 2.48. The van der Waals surface area contributed by atoms with Gasteiger partial charge in [0.25, 0.3) is 5.91 Å². The molecule has 0 aromatic carbocycles. The Labute approximate surface area is 116 Å². The minimum atomic E-state index is -0.221. The van der Waals surface area contributed by atoms with Crippen molar-refractivity contribution in [1.82, 2.24) is 19.6 Å². The number of anilines is 1. The van der Waals surface area contributed by atoms with Crippen molar-refractivity contribution in [2.24, 2.45) is 0 Å². The maximum absolute atomic E-state index is 11.3. The van der Waals surface area contributed by atoms with Crippen LogP contribution in [0.1, 0.15) is 0 Å². The highest BCUT2D eigenvalue weighted by Crippen LogP contribution is 2.31. The fraction of sp³-hybridized carbons (Fsp3) is 0.0833. The van der Waals surface area contributed by atoms with Crippen LogP contribution in [0.4, 0.5) is 5.82 Å². The Kier molecular flexibility index (Phi) is 2.36. The molecule has 7 nitrogen and oxygen atoms in total. The molecule has 0 unspecified atom stereocenters. The summed E-state index contributed by atoms with van der Waals surface area (Å²) in [4.78, 5) is 20.6. The lowest BCUT2D eigenvalue weighted by Crippen LogP contribution is -2.26. The van der Waals surface area contributed by atoms with Crippen molar-refractivity contribution in [2.45, 2.75) is 0 Å². The first-order chi connectivity index (χ1) is 9.81. The predicted molar refractivity (Wildman–Crippen MR) is 71.4 cm³/mol. The molecule has 1 aliphatic rings. The zero-order valence-electron chi connectivity index (χ0n) is 9.95. The van der Waals surface area contributed by atoms with Gasteiger partial charge in [-0.25, -0.2) is 9.97 Å². The van der Waals surface area contributed by atoms with Gasteiger partial charge in [-0.3, -0.25) is 4.79 Å². The van der Waals surface area contributed by atoms with Crippen LogP contribution in [-0.2, 0) is 4.79 Å². The number of nitrogens with zero attached hydrogens (tertiary/aromatic N) is 4. The second kappa shape index (κ2) is 4.20. The van der Waals surface area contributed by atoms with Crippen LogP contribution in [0.5, 0.6) is 5.75 Å². The predicted octanol–water partition coefficient (Wildman–Crippen LogP) is 1.28. The number of carbonyl (C=O) groups is 1. The number of aromatic nitrogens is 4. The van der Waals surface area contributed by atoms with Gasteiger partial charge in [0, 0.05) is 29.4 Å². The van der Waals surface area contributed by atoms with Gasteiger partial charge in [-0.15, -0.1) is 5.10 Å². The number of pyridine rings is 2. The first kappa shape index (κ1) is 11.2. The summed E-state index contributed by atoms with van der Waals surface area (Å²) in [5, 5.41) is 6.71. The standard InChI is InChI=1S/C12H6N5O2S/c18-9-5-19-8-2-1-7(14-11(8)15-9)6-3-4-13-12-10(6)16-17-20-12/h1-2,4H,5H2,(H,14,15,18). The number of ether oxygens (including phenoxy) is 1. The zero-order valence-corrected chi connectivity index (χ0v) is 10.8. The number of fused-ring (bicyclic) bond motifs is 2. The third kappa shape index (κ3) is 1.69. The van der Waals surface area contributed by atoms with Crippen molar-refractivity contribution >= 4 is 33.6 Å². The van der Waals surface area contributed by atoms with E-state index in [1.807, 2.05) is 0 Å². The van der Waals surface area contributed by atoms with Crippen molar-refractivity contribution < 1.29 is 9.53 Å². The number of nitrogens with one attached hydrogen (secondary N) is 1. The van der Waals surface area contributed by atoms with Crippen LogP contribution in [0.2, 0.25) is 0 Å². The number of carbonyl (C=O) groups excluding carboxylic acids is 1. The fourth-order valence-electron chi connectivity index (χ4n) is 1.95. The molecule has 8 heteroatoms. The summed E-state index contributed by atoms with van der Waals surface area (Å²) in [6.45, 7) is 0.00958. The van der Waals surface area contributed by atoms with Crippen molar-refractivity contribution in [3.63, 3.8) is 0 Å². The molecule has 0 aliphatic carbocycles. The molecule has 0 saturated heterocycles. The Hall–Kier alpha value is -2.61. The molecular formula is C12H6N5O2S. The van der Waals surface area contributed by atoms with Crippen LogP contribution in [0.15, 0.2) is 18.3 Å². The average molecular weight is 284 g/mol. The zero-order chi connectivity index (χ0) is 13.5. The minimum Gasteiger partial charge on any atom is -0.480 e. The van der Waals surface area contributed by atoms with Crippen LogP contribution in [0.25, 0.3) is 21.6 Å². The van der Waals surface area contributed by atoms with Gasteiger partial charge in [0.15, 0.2) is 23.0 Å². The monoisotopic (exact) mass is 284 g/mol. The van der Waals surface area contributed by atoms with E-state index < -0.39 is 0 Å². The van der Waals surface area contributed by atoms with E-state index in [1.54, 1.807) is 18.3 Å². The summed E-state index contributed by atoms with van der Waals surface area (Å²) < 4.78 is 9.15. The third-order valence-corrected chi connectivity index (χ3v) is 3.46. The summed E-state index contributed by atoms with van der Waals surface area (Å²) in [6.07, 6.45) is 1.56. The van der Waals surface area contributed by atoms with E-state index >= 15 is 0 Å². The van der Waals surface area contributed by atoms with Crippen molar-refractivity contribution in [3.05, 3.63) is 24.4 Å². The number of hydrogen-bond donors (Lipinski definition) is 1. The van der Waals surface area contributed by atoms with Crippen LogP contribution in [0, 0.1) is 6.07 Å². The molecule has 0 bridgehead atoms. The lowest BCUT2D eigenvalue weighted by molar-refractivity contribution is -0.118. The van der Waals surface area contributed by atoms with E-state index in [0.717, 1.165) is 4.83 Å². The van der Waals surface area contributed by atoms with Gasteiger partial charge in [-0.05, 0) is 12.1 Å². The summed E-state index contributed by atoms with van der Waals surface area (Å²) in [5.41, 5.74) is 1.98. The van der Waals surface area contributed by atoms with E-state index in [0.29, 0.717) is 28.3 Å². The van der Waals surface area contributed by atoms with Gasteiger partial charge in [0.05, 0.1) is 5.69 Å². The van der Waals surface area contributed by atoms with Crippen molar-refractivity contribution in [2.75, 3.05) is 11.9 Å². The molecular weight excluding hydrogens is 278 g/mol. The molecule has 4 heterocycles. The van der Waals surface area contributed by atoms with Gasteiger partial charge in [0.2, 0.25) is 0 Å². The Morgan fingerprint density at radius 2 is 2.35 bits per heavy atom. The molecule has 1 N–H and O–H groups in total. The van der Waals surface area contributed by atoms with E-state index in [4.69, 9.17) is 4.74 Å². The maximum atomic E-state index is 11.3. The first-order valence-corrected chi connectivity index (χ1v) is 6.51. The van der Waals surface area contributed by atoms with Gasteiger partial charge >= 0.3 is 0 Å². The highest BCUT2D eigenvalue weighted by atomic mass is 32.1. The van der Waals surface area contributed by atoms with E-state index in [-0.39, 0.29) is 12.5 Å². The Morgan fingerprint density at radius 1 is 1.40 bits per heavy atom. The molecule has 97 valence electrons. The Balaban J connectivity index is 1.88. The van der Waals surface area contributed by atoms with Gasteiger partial charge in [-0.2, -0.15) is 0 Å². The van der Waals surface area contributed by atoms with Crippen LogP contribution < -0.4 is 10.1 Å². The summed E-state index contributed by atoms with van der Waals surface area (Å²) in [5.74, 6) is 0.733. The second-order valence-electron chi connectivity index (χ2n) is 4.08. The van der Waals surface area contributed by atoms with E-state index in [1.165, 1.54) is 11.5 Å². The van der Waals surface area contributed by atoms with Crippen LogP contribution >= 0.6 is 11.5 Å². The molecule has 4 rings (SSSR count). The molecule has 1 amide bonds. The lowest BCUT2D eigenvalue weighted by atomic mass is 10.1. The highest BCUT2D eigenvalue weighted by Gasteiger charge is 2.19. The minimum absolute atomic E-state index is 0.00958. The van der Waals surface area contributed by atoms with Gasteiger partial charge in [0.1, 0.15) is 5.52 Å². The summed E-state index contributed by atoms with van der Waals surface area (Å²) in [6, 6.07) is 6.56. The van der Waals surface area contributed by atoms with Crippen LogP contribution in [-0.4, -0.2) is 32.1 Å². The van der Waals surface area contributed by atoms with Crippen molar-refractivity contribution in [3.8, 4) is 17.0 Å². The number of amides is 1. The Morgan fingerprint density at radius 3 is 3.30 bits per heavy atom. The molecule has 1 radical (unpaired) electrons. The maximum Gasteiger partial charge on any atom is 0.263 e. The largest absolute Gasteiger partial charge is 0.480 e. The van der Waals surface area contributed by atoms with E-state index in [2.05, 4.69) is 30.9 Å². The molecule has 3 aromatic heterocycles. The molecule has 20 heavy (non-hydrogen) atoms. The normalized spacial score (nSPS) is 13.7. The Bertz CT molecular complexity index is 832. The number of rotatable bonds is 1. The second-order valence-corrected chi connectivity index (χ2v) is 4.82. The average Bonchev–Trinajstić information content (AvgIpc) is 2.94. The first-order valence-electron chi connectivity index (χ1n) is 5.74. The summed E-state index contributed by atoms with van der Waals surface area (Å²) in [7, 11) is 0. The topological polar surface area (TPSA) is 89.9 Å². The summed E-state index contributed by atoms with van der Waals surface area (Å²) >= 11 is 1.21. The lowest BCUT2D eigenvalue weighted by Gasteiger charge is -2.17. The third-order valence-electron chi connectivity index (χ3n) is 2.83. The molecule has 0 saturated carbocycles. The molecule has 0 fully saturated rings. The van der Waals surface area contributed by atoms with Crippen molar-refractivity contribution in [1.29, 1.82) is 0 Å². The quantitative estimate of drug-likeness (QED) is 0.724. The molecule has 0 atom stereocenters. The highest BCUT2D eigenvalue weighted by molar-refractivity contribution is 7.12. The van der Waals surface area contributed by atoms with E-state index in [9.17, 15) is 4.79 Å². The SMILES string of the molecule is O=C1COc2ccc(-c3[c]cnc4snnc34)nc2N1. The molecule has 0 spiro atoms. The smallest absolute Gasteiger partial charge is 0.263 e. The number of hydrogen-bond acceptors (Lipinski definition) is 7. The van der Waals surface area contributed by atoms with Gasteiger partial charge in [-0.1, -0.05) is 4.49 Å². The molecule has 3 aromatic rings. The van der Waals surface area contributed by atoms with Gasteiger partial charge < -0.3 is 10.1 Å². The van der Waals surface area contributed by atoms with Crippen LogP contribution in [0.3, 0.4) is 0 Å².